The van der Waals surface area contributed by atoms with Crippen molar-refractivity contribution in [1.29, 1.82) is 0 Å². The van der Waals surface area contributed by atoms with Crippen LogP contribution in [0.3, 0.4) is 0 Å². The van der Waals surface area contributed by atoms with E-state index < -0.39 is 10.8 Å². The standard InChI is InChI=1S/C14H13N5O3/c15-12-4-2-1-3-11(12)14(20)18-17-13(16)9-5-7-10(8-6-9)19(21)22/h1-8H,15H2,(H2,16,17)(H,18,20). The van der Waals surface area contributed by atoms with Gasteiger partial charge in [-0.05, 0) is 24.3 Å². The molecule has 0 aliphatic heterocycles. The van der Waals surface area contributed by atoms with E-state index in [-0.39, 0.29) is 17.1 Å². The van der Waals surface area contributed by atoms with Gasteiger partial charge in [0.25, 0.3) is 11.6 Å². The molecule has 0 bridgehead atoms. The van der Waals surface area contributed by atoms with Crippen molar-refractivity contribution in [3.05, 3.63) is 69.8 Å². The van der Waals surface area contributed by atoms with Gasteiger partial charge in [0, 0.05) is 23.4 Å². The molecule has 0 atom stereocenters. The van der Waals surface area contributed by atoms with Crippen LogP contribution in [0.2, 0.25) is 0 Å². The number of rotatable bonds is 4. The van der Waals surface area contributed by atoms with Gasteiger partial charge in [-0.2, -0.15) is 5.10 Å². The molecule has 8 nitrogen and oxygen atoms in total. The largest absolute Gasteiger partial charge is 0.398 e. The van der Waals surface area contributed by atoms with Crippen LogP contribution < -0.4 is 16.9 Å². The molecule has 0 aliphatic carbocycles. The number of carbonyl (C=O) groups is 1. The van der Waals surface area contributed by atoms with E-state index >= 15 is 0 Å². The number of hydrogen-bond donors (Lipinski definition) is 3. The molecule has 112 valence electrons. The van der Waals surface area contributed by atoms with Crippen LogP contribution in [0.15, 0.2) is 53.6 Å². The Hall–Kier alpha value is -3.42. The first-order valence-corrected chi connectivity index (χ1v) is 6.22. The normalized spacial score (nSPS) is 11.0. The molecule has 0 spiro atoms. The molecule has 22 heavy (non-hydrogen) atoms. The summed E-state index contributed by atoms with van der Waals surface area (Å²) < 4.78 is 0. The summed E-state index contributed by atoms with van der Waals surface area (Å²) in [5.41, 5.74) is 14.7. The summed E-state index contributed by atoms with van der Waals surface area (Å²) in [6.07, 6.45) is 0. The molecule has 2 aromatic rings. The van der Waals surface area contributed by atoms with Gasteiger partial charge >= 0.3 is 0 Å². The predicted octanol–water partition coefficient (Wildman–Crippen LogP) is 1.23. The van der Waals surface area contributed by atoms with Crippen LogP contribution in [0.1, 0.15) is 15.9 Å². The number of nitro groups is 1. The van der Waals surface area contributed by atoms with Gasteiger partial charge in [-0.15, -0.1) is 0 Å². The zero-order valence-electron chi connectivity index (χ0n) is 11.4. The number of hydrogen-bond acceptors (Lipinski definition) is 5. The molecule has 0 unspecified atom stereocenters. The highest BCUT2D eigenvalue weighted by molar-refractivity contribution is 6.02. The lowest BCUT2D eigenvalue weighted by atomic mass is 10.2. The number of hydrazone groups is 1. The second kappa shape index (κ2) is 6.35. The summed E-state index contributed by atoms with van der Waals surface area (Å²) in [6, 6.07) is 12.0. The van der Waals surface area contributed by atoms with Gasteiger partial charge in [0.15, 0.2) is 5.84 Å². The monoisotopic (exact) mass is 299 g/mol. The Kier molecular flexibility index (Phi) is 4.33. The van der Waals surface area contributed by atoms with Crippen LogP contribution >= 0.6 is 0 Å². The van der Waals surface area contributed by atoms with Crippen LogP contribution in [-0.2, 0) is 0 Å². The fraction of sp³-hybridized carbons (Fsp3) is 0. The molecule has 8 heteroatoms. The molecule has 0 aliphatic rings. The van der Waals surface area contributed by atoms with Crippen LogP contribution in [0.4, 0.5) is 11.4 Å². The summed E-state index contributed by atoms with van der Waals surface area (Å²) in [6.45, 7) is 0. The molecule has 2 aromatic carbocycles. The minimum absolute atomic E-state index is 0.0257. The lowest BCUT2D eigenvalue weighted by Crippen LogP contribution is -2.24. The number of nitrogens with two attached hydrogens (primary N) is 2. The van der Waals surface area contributed by atoms with E-state index in [2.05, 4.69) is 10.5 Å². The van der Waals surface area contributed by atoms with Crippen LogP contribution in [0.5, 0.6) is 0 Å². The van der Waals surface area contributed by atoms with Crippen LogP contribution in [0.25, 0.3) is 0 Å². The number of amides is 1. The number of non-ortho nitro benzene ring substituents is 1. The first-order chi connectivity index (χ1) is 10.5. The number of benzene rings is 2. The number of nitrogens with one attached hydrogen (secondary N) is 1. The summed E-state index contributed by atoms with van der Waals surface area (Å²) in [7, 11) is 0. The zero-order chi connectivity index (χ0) is 16.1. The van der Waals surface area contributed by atoms with Crippen molar-refractivity contribution in [3.8, 4) is 0 Å². The summed E-state index contributed by atoms with van der Waals surface area (Å²) in [5, 5.41) is 14.3. The minimum atomic E-state index is -0.517. The number of carbonyl (C=O) groups excluding carboxylic acids is 1. The SMILES string of the molecule is N/C(=N/NC(=O)c1ccccc1N)c1ccc([N+](=O)[O-])cc1. The second-order valence-electron chi connectivity index (χ2n) is 4.33. The average molecular weight is 299 g/mol. The van der Waals surface area contributed by atoms with Gasteiger partial charge in [0.05, 0.1) is 10.5 Å². The minimum Gasteiger partial charge on any atom is -0.398 e. The fourth-order valence-corrected chi connectivity index (χ4v) is 1.69. The molecule has 0 saturated heterocycles. The molecular weight excluding hydrogens is 286 g/mol. The quantitative estimate of drug-likeness (QED) is 0.256. The molecule has 0 fully saturated rings. The molecule has 5 N–H and O–H groups in total. The highest BCUT2D eigenvalue weighted by Gasteiger charge is 2.09. The molecule has 0 saturated carbocycles. The van der Waals surface area contributed by atoms with E-state index in [0.29, 0.717) is 11.3 Å². The third kappa shape index (κ3) is 3.37. The van der Waals surface area contributed by atoms with E-state index in [9.17, 15) is 14.9 Å². The number of para-hydroxylation sites is 1. The topological polar surface area (TPSA) is 137 Å². The van der Waals surface area contributed by atoms with E-state index in [1.165, 1.54) is 24.3 Å². The smallest absolute Gasteiger partial charge is 0.273 e. The lowest BCUT2D eigenvalue weighted by molar-refractivity contribution is -0.384. The Bertz CT molecular complexity index is 740. The Labute approximate surface area is 125 Å². The Morgan fingerprint density at radius 1 is 1.14 bits per heavy atom. The van der Waals surface area contributed by atoms with Gasteiger partial charge in [0.2, 0.25) is 0 Å². The lowest BCUT2D eigenvalue weighted by Gasteiger charge is -2.05. The molecule has 0 heterocycles. The van der Waals surface area contributed by atoms with Crippen molar-refractivity contribution in [2.45, 2.75) is 0 Å². The zero-order valence-corrected chi connectivity index (χ0v) is 11.4. The summed E-state index contributed by atoms with van der Waals surface area (Å²) in [4.78, 5) is 21.9. The molecule has 1 amide bonds. The molecular formula is C14H13N5O3. The average Bonchev–Trinajstić information content (AvgIpc) is 2.52. The highest BCUT2D eigenvalue weighted by atomic mass is 16.6. The van der Waals surface area contributed by atoms with E-state index in [1.54, 1.807) is 24.3 Å². The molecule has 0 radical (unpaired) electrons. The number of nitrogens with zero attached hydrogens (tertiary/aromatic N) is 2. The van der Waals surface area contributed by atoms with Crippen molar-refractivity contribution in [3.63, 3.8) is 0 Å². The van der Waals surface area contributed by atoms with Crippen molar-refractivity contribution in [1.82, 2.24) is 5.43 Å². The van der Waals surface area contributed by atoms with Gasteiger partial charge in [-0.1, -0.05) is 12.1 Å². The van der Waals surface area contributed by atoms with Crippen LogP contribution in [0, 0.1) is 10.1 Å². The van der Waals surface area contributed by atoms with Gasteiger partial charge < -0.3 is 11.5 Å². The van der Waals surface area contributed by atoms with Gasteiger partial charge in [-0.3, -0.25) is 14.9 Å². The first-order valence-electron chi connectivity index (χ1n) is 6.22. The Morgan fingerprint density at radius 3 is 2.36 bits per heavy atom. The van der Waals surface area contributed by atoms with Crippen LogP contribution in [-0.4, -0.2) is 16.7 Å². The molecule has 0 aromatic heterocycles. The summed E-state index contributed by atoms with van der Waals surface area (Å²) >= 11 is 0. The van der Waals surface area contributed by atoms with E-state index in [0.717, 1.165) is 0 Å². The summed E-state index contributed by atoms with van der Waals surface area (Å²) in [5.74, 6) is -0.472. The molecule has 2 rings (SSSR count). The Morgan fingerprint density at radius 2 is 1.77 bits per heavy atom. The fourth-order valence-electron chi connectivity index (χ4n) is 1.69. The predicted molar refractivity (Wildman–Crippen MR) is 82.1 cm³/mol. The highest BCUT2D eigenvalue weighted by Crippen LogP contribution is 2.12. The third-order valence-electron chi connectivity index (χ3n) is 2.86. The number of nitrogen functional groups attached to an aromatic ring is 1. The van der Waals surface area contributed by atoms with Crippen molar-refractivity contribution >= 4 is 23.1 Å². The number of nitro benzene ring substituents is 1. The maximum absolute atomic E-state index is 11.9. The van der Waals surface area contributed by atoms with E-state index in [4.69, 9.17) is 11.5 Å². The maximum atomic E-state index is 11.9. The Balaban J connectivity index is 2.11. The van der Waals surface area contributed by atoms with Gasteiger partial charge in [0.1, 0.15) is 0 Å². The van der Waals surface area contributed by atoms with E-state index in [1.807, 2.05) is 0 Å². The first kappa shape index (κ1) is 15.0. The third-order valence-corrected chi connectivity index (χ3v) is 2.86. The van der Waals surface area contributed by atoms with Crippen molar-refractivity contribution in [2.24, 2.45) is 10.8 Å². The second-order valence-corrected chi connectivity index (χ2v) is 4.33. The maximum Gasteiger partial charge on any atom is 0.273 e. The van der Waals surface area contributed by atoms with Gasteiger partial charge in [-0.25, -0.2) is 5.43 Å². The number of anilines is 1. The van der Waals surface area contributed by atoms with Crippen molar-refractivity contribution < 1.29 is 9.72 Å². The number of amidine groups is 1. The van der Waals surface area contributed by atoms with Crippen molar-refractivity contribution in [2.75, 3.05) is 5.73 Å².